The fraction of sp³-hybridized carbons (Fsp3) is 0.158. The predicted octanol–water partition coefficient (Wildman–Crippen LogP) is 0.922. The van der Waals surface area contributed by atoms with E-state index in [4.69, 9.17) is 16.9 Å². The second kappa shape index (κ2) is 7.52. The maximum absolute atomic E-state index is 13.0. The highest BCUT2D eigenvalue weighted by Gasteiger charge is 2.18. The Kier molecular flexibility index (Phi) is 4.88. The lowest BCUT2D eigenvalue weighted by atomic mass is 10.2. The van der Waals surface area contributed by atoms with Crippen LogP contribution in [-0.4, -0.2) is 36.4 Å². The molecule has 11 heteroatoms. The molecule has 0 fully saturated rings. The first-order chi connectivity index (χ1) is 14.4. The molecule has 1 amide bonds. The summed E-state index contributed by atoms with van der Waals surface area (Å²) in [7, 11) is 1.79. The van der Waals surface area contributed by atoms with Gasteiger partial charge < -0.3 is 21.4 Å². The van der Waals surface area contributed by atoms with Crippen molar-refractivity contribution in [1.29, 1.82) is 5.41 Å². The number of aryl methyl sites for hydroxylation is 1. The zero-order valence-electron chi connectivity index (χ0n) is 16.0. The minimum atomic E-state index is -0.559. The van der Waals surface area contributed by atoms with Crippen LogP contribution < -0.4 is 17.0 Å². The van der Waals surface area contributed by atoms with E-state index in [-0.39, 0.29) is 12.1 Å². The largest absolute Gasteiger partial charge is 0.402 e. The summed E-state index contributed by atoms with van der Waals surface area (Å²) in [5, 5.41) is 12.9. The average Bonchev–Trinajstić information content (AvgIpc) is 3.23. The van der Waals surface area contributed by atoms with Gasteiger partial charge in [0.25, 0.3) is 5.56 Å². The van der Waals surface area contributed by atoms with Gasteiger partial charge >= 0.3 is 0 Å². The molecule has 0 radical (unpaired) electrons. The van der Waals surface area contributed by atoms with Crippen molar-refractivity contribution in [3.05, 3.63) is 62.9 Å². The van der Waals surface area contributed by atoms with Crippen LogP contribution in [0, 0.1) is 5.41 Å². The third-order valence-corrected chi connectivity index (χ3v) is 5.72. The van der Waals surface area contributed by atoms with Crippen molar-refractivity contribution in [2.75, 3.05) is 0 Å². The molecule has 152 valence electrons. The first-order valence-electron chi connectivity index (χ1n) is 8.92. The molecule has 0 aliphatic rings. The molecule has 4 aromatic heterocycles. The summed E-state index contributed by atoms with van der Waals surface area (Å²) in [6, 6.07) is 3.21. The van der Waals surface area contributed by atoms with Gasteiger partial charge in [0.15, 0.2) is 5.65 Å². The van der Waals surface area contributed by atoms with Crippen LogP contribution in [-0.2, 0) is 20.0 Å². The Bertz CT molecular complexity index is 1380. The Labute approximate surface area is 174 Å². The highest BCUT2D eigenvalue weighted by Crippen LogP contribution is 2.31. The van der Waals surface area contributed by atoms with Crippen LogP contribution >= 0.6 is 11.3 Å². The van der Waals surface area contributed by atoms with Crippen LogP contribution in [0.5, 0.6) is 0 Å². The summed E-state index contributed by atoms with van der Waals surface area (Å²) in [6.45, 7) is 0.163. The van der Waals surface area contributed by atoms with Gasteiger partial charge in [-0.15, -0.1) is 11.3 Å². The first kappa shape index (κ1) is 19.5. The van der Waals surface area contributed by atoms with Gasteiger partial charge in [-0.1, -0.05) is 0 Å². The molecule has 0 aliphatic carbocycles. The van der Waals surface area contributed by atoms with E-state index in [0.29, 0.717) is 34.5 Å². The Morgan fingerprint density at radius 2 is 2.10 bits per heavy atom. The average molecular weight is 422 g/mol. The van der Waals surface area contributed by atoms with E-state index < -0.39 is 5.91 Å². The zero-order valence-corrected chi connectivity index (χ0v) is 16.8. The lowest BCUT2D eigenvalue weighted by molar-refractivity contribution is 0.1000. The molecule has 0 aromatic carbocycles. The van der Waals surface area contributed by atoms with Gasteiger partial charge in [0.2, 0.25) is 5.91 Å². The van der Waals surface area contributed by atoms with Crippen molar-refractivity contribution >= 4 is 44.7 Å². The van der Waals surface area contributed by atoms with Crippen molar-refractivity contribution in [3.63, 3.8) is 0 Å². The van der Waals surface area contributed by atoms with Crippen molar-refractivity contribution in [1.82, 2.24) is 24.3 Å². The molecule has 0 unspecified atom stereocenters. The number of pyridine rings is 1. The van der Waals surface area contributed by atoms with Crippen LogP contribution in [0.15, 0.2) is 41.1 Å². The van der Waals surface area contributed by atoms with E-state index >= 15 is 0 Å². The third kappa shape index (κ3) is 3.35. The van der Waals surface area contributed by atoms with Crippen LogP contribution in [0.2, 0.25) is 0 Å². The number of carbonyl (C=O) groups is 1. The van der Waals surface area contributed by atoms with Crippen LogP contribution in [0.3, 0.4) is 0 Å². The molecule has 10 nitrogen and oxygen atoms in total. The quantitative estimate of drug-likeness (QED) is 0.392. The molecule has 0 bridgehead atoms. The molecule has 30 heavy (non-hydrogen) atoms. The Balaban J connectivity index is 1.72. The number of rotatable bonds is 6. The molecule has 0 atom stereocenters. The van der Waals surface area contributed by atoms with Crippen LogP contribution in [0.4, 0.5) is 0 Å². The number of primary amides is 1. The number of nitrogens with zero attached hydrogens (tertiary/aromatic N) is 5. The number of thiazole rings is 1. The monoisotopic (exact) mass is 422 g/mol. The van der Waals surface area contributed by atoms with Crippen molar-refractivity contribution in [2.24, 2.45) is 18.5 Å². The second-order valence-electron chi connectivity index (χ2n) is 6.68. The van der Waals surface area contributed by atoms with Crippen molar-refractivity contribution in [3.8, 4) is 0 Å². The highest BCUT2D eigenvalue weighted by atomic mass is 32.1. The van der Waals surface area contributed by atoms with Gasteiger partial charge in [0.05, 0.1) is 28.7 Å². The standard InChI is InChI=1S/C19H18N8O2S/c1-26-15-13(16-18(26)25-14(30-16)6-11(21)4-5-20)8-24-27(19(15)29)9-12-3-2-10(7-23-12)17(22)28/h2-5,7-8,20H,6,9,21H2,1H3,(H2,22,28). The molecule has 0 saturated heterocycles. The number of aromatic nitrogens is 5. The number of nitrogens with two attached hydrogens (primary N) is 2. The summed E-state index contributed by atoms with van der Waals surface area (Å²) in [6.07, 6.45) is 6.13. The molecule has 4 heterocycles. The van der Waals surface area contributed by atoms with E-state index in [1.54, 1.807) is 29.9 Å². The first-order valence-corrected chi connectivity index (χ1v) is 9.74. The molecule has 5 N–H and O–H groups in total. The number of amides is 1. The summed E-state index contributed by atoms with van der Waals surface area (Å²) < 4.78 is 3.95. The maximum Gasteiger partial charge on any atom is 0.291 e. The van der Waals surface area contributed by atoms with Gasteiger partial charge in [-0.25, -0.2) is 9.67 Å². The summed E-state index contributed by atoms with van der Waals surface area (Å²) in [4.78, 5) is 33.0. The van der Waals surface area contributed by atoms with Gasteiger partial charge in [-0.05, 0) is 18.2 Å². The maximum atomic E-state index is 13.0. The number of fused-ring (bicyclic) bond motifs is 3. The Morgan fingerprint density at radius 1 is 1.30 bits per heavy atom. The van der Waals surface area contributed by atoms with Gasteiger partial charge in [0.1, 0.15) is 10.5 Å². The summed E-state index contributed by atoms with van der Waals surface area (Å²) >= 11 is 1.45. The van der Waals surface area contributed by atoms with Gasteiger partial charge in [-0.3, -0.25) is 14.6 Å². The van der Waals surface area contributed by atoms with E-state index in [2.05, 4.69) is 15.1 Å². The minimum absolute atomic E-state index is 0.163. The van der Waals surface area contributed by atoms with Gasteiger partial charge in [-0.2, -0.15) is 5.10 Å². The Hall–Kier alpha value is -3.86. The lowest BCUT2D eigenvalue weighted by Gasteiger charge is -2.05. The van der Waals surface area contributed by atoms with Gasteiger partial charge in [0, 0.05) is 37.0 Å². The summed E-state index contributed by atoms with van der Waals surface area (Å²) in [5.74, 6) is -0.559. The summed E-state index contributed by atoms with van der Waals surface area (Å²) in [5.41, 5.74) is 13.5. The number of allylic oxidation sites excluding steroid dienone is 2. The number of carbonyl (C=O) groups excluding carboxylic acids is 1. The zero-order chi connectivity index (χ0) is 21.4. The topological polar surface area (TPSA) is 159 Å². The smallest absolute Gasteiger partial charge is 0.291 e. The fourth-order valence-electron chi connectivity index (χ4n) is 3.18. The number of nitrogens with one attached hydrogen (secondary N) is 1. The normalized spacial score (nSPS) is 12.0. The van der Waals surface area contributed by atoms with Crippen LogP contribution in [0.1, 0.15) is 21.1 Å². The second-order valence-corrected chi connectivity index (χ2v) is 7.76. The molecular formula is C19H18N8O2S. The molecular weight excluding hydrogens is 404 g/mol. The number of hydrogen-bond acceptors (Lipinski definition) is 8. The van der Waals surface area contributed by atoms with E-state index in [1.165, 1.54) is 28.3 Å². The van der Waals surface area contributed by atoms with E-state index in [9.17, 15) is 9.59 Å². The molecule has 0 spiro atoms. The van der Waals surface area contributed by atoms with Crippen LogP contribution in [0.25, 0.3) is 21.3 Å². The number of hydrogen-bond donors (Lipinski definition) is 3. The third-order valence-electron chi connectivity index (χ3n) is 4.64. The molecule has 0 saturated carbocycles. The lowest BCUT2D eigenvalue weighted by Crippen LogP contribution is -2.25. The minimum Gasteiger partial charge on any atom is -0.402 e. The van der Waals surface area contributed by atoms with Crippen molar-refractivity contribution in [2.45, 2.75) is 13.0 Å². The molecule has 4 aromatic rings. The molecule has 4 rings (SSSR count). The predicted molar refractivity (Wildman–Crippen MR) is 115 cm³/mol. The Morgan fingerprint density at radius 3 is 2.77 bits per heavy atom. The molecule has 0 aliphatic heterocycles. The van der Waals surface area contributed by atoms with E-state index in [0.717, 1.165) is 21.3 Å². The van der Waals surface area contributed by atoms with E-state index in [1.807, 2.05) is 0 Å². The SMILES string of the molecule is Cn1c2nc(CC(N)=CC=N)sc2c2cnn(Cc3ccc(C(N)=O)cn3)c(=O)c21. The highest BCUT2D eigenvalue weighted by molar-refractivity contribution is 7.19. The van der Waals surface area contributed by atoms with Crippen molar-refractivity contribution < 1.29 is 4.79 Å². The fourth-order valence-corrected chi connectivity index (χ4v) is 4.32.